The second-order valence-electron chi connectivity index (χ2n) is 5.72. The summed E-state index contributed by atoms with van der Waals surface area (Å²) < 4.78 is 10.9. The van der Waals surface area contributed by atoms with Gasteiger partial charge in [0, 0.05) is 18.1 Å². The van der Waals surface area contributed by atoms with E-state index >= 15 is 0 Å². The van der Waals surface area contributed by atoms with Crippen molar-refractivity contribution in [1.29, 1.82) is 0 Å². The Kier molecular flexibility index (Phi) is 10.7. The Morgan fingerprint density at radius 1 is 1.07 bits per heavy atom. The summed E-state index contributed by atoms with van der Waals surface area (Å²) in [7, 11) is 1.53. The van der Waals surface area contributed by atoms with Gasteiger partial charge in [-0.25, -0.2) is 9.59 Å². The molecule has 0 aromatic heterocycles. The van der Waals surface area contributed by atoms with E-state index in [2.05, 4.69) is 26.6 Å². The highest BCUT2D eigenvalue weighted by Gasteiger charge is 2.06. The van der Waals surface area contributed by atoms with Gasteiger partial charge in [0.25, 0.3) is 0 Å². The number of aliphatic hydroxyl groups excluding tert-OH is 1. The number of rotatable bonds is 5. The monoisotopic (exact) mass is 452 g/mol. The first-order chi connectivity index (χ1) is 13.4. The van der Waals surface area contributed by atoms with Gasteiger partial charge in [0.1, 0.15) is 12.4 Å². The number of benzene rings is 2. The first-order valence-electron chi connectivity index (χ1n) is 8.59. The summed E-state index contributed by atoms with van der Waals surface area (Å²) in [5.41, 5.74) is 3.03. The van der Waals surface area contributed by atoms with Crippen LogP contribution in [0.15, 0.2) is 46.9 Å². The molecule has 0 unspecified atom stereocenters. The molecule has 0 heterocycles. The highest BCUT2D eigenvalue weighted by atomic mass is 79.9. The van der Waals surface area contributed by atoms with Crippen molar-refractivity contribution in [2.75, 3.05) is 20.2 Å². The molecular formula is C20H25BrN2O5. The molecule has 8 heteroatoms. The second-order valence-corrected chi connectivity index (χ2v) is 6.52. The van der Waals surface area contributed by atoms with Crippen molar-refractivity contribution < 1.29 is 24.2 Å². The van der Waals surface area contributed by atoms with Crippen molar-refractivity contribution in [3.05, 3.63) is 63.6 Å². The van der Waals surface area contributed by atoms with Crippen LogP contribution in [0.25, 0.3) is 0 Å². The second kappa shape index (κ2) is 12.7. The summed E-state index contributed by atoms with van der Waals surface area (Å²) in [5, 5.41) is 13.2. The van der Waals surface area contributed by atoms with Gasteiger partial charge in [-0.2, -0.15) is 0 Å². The van der Waals surface area contributed by atoms with Crippen molar-refractivity contribution in [2.45, 2.75) is 20.5 Å². The number of amides is 2. The maximum absolute atomic E-state index is 10.9. The van der Waals surface area contributed by atoms with Crippen molar-refractivity contribution in [3.63, 3.8) is 0 Å². The Morgan fingerprint density at radius 2 is 1.68 bits per heavy atom. The molecule has 152 valence electrons. The van der Waals surface area contributed by atoms with Gasteiger partial charge in [0.15, 0.2) is 0 Å². The molecule has 2 aromatic rings. The molecule has 0 bridgehead atoms. The normalized spacial score (nSPS) is 9.61. The molecule has 2 aromatic carbocycles. The van der Waals surface area contributed by atoms with Gasteiger partial charge in [-0.15, -0.1) is 0 Å². The highest BCUT2D eigenvalue weighted by molar-refractivity contribution is 9.10. The molecule has 0 fully saturated rings. The van der Waals surface area contributed by atoms with Crippen LogP contribution in [0.5, 0.6) is 5.75 Å². The summed E-state index contributed by atoms with van der Waals surface area (Å²) in [4.78, 5) is 21.9. The van der Waals surface area contributed by atoms with Crippen LogP contribution in [0, 0.1) is 13.8 Å². The van der Waals surface area contributed by atoms with E-state index in [4.69, 9.17) is 14.6 Å². The Morgan fingerprint density at radius 3 is 2.21 bits per heavy atom. The lowest BCUT2D eigenvalue weighted by atomic mass is 10.1. The average molecular weight is 453 g/mol. The van der Waals surface area contributed by atoms with E-state index in [-0.39, 0.29) is 19.8 Å². The predicted molar refractivity (Wildman–Crippen MR) is 110 cm³/mol. The number of nitrogens with one attached hydrogen (secondary N) is 2. The first kappa shape index (κ1) is 23.5. The summed E-state index contributed by atoms with van der Waals surface area (Å²) >= 11 is 3.44. The van der Waals surface area contributed by atoms with Crippen molar-refractivity contribution in [2.24, 2.45) is 0 Å². The summed E-state index contributed by atoms with van der Waals surface area (Å²) in [6, 6.07) is 13.0. The third-order valence-corrected chi connectivity index (χ3v) is 4.67. The lowest BCUT2D eigenvalue weighted by molar-refractivity contribution is 0.137. The molecule has 0 radical (unpaired) electrons. The zero-order valence-electron chi connectivity index (χ0n) is 16.1. The van der Waals surface area contributed by atoms with Crippen molar-refractivity contribution in [1.82, 2.24) is 10.6 Å². The average Bonchev–Trinajstić information content (AvgIpc) is 2.70. The minimum atomic E-state index is -0.511. The molecule has 7 nitrogen and oxygen atoms in total. The Hall–Kier alpha value is -2.58. The van der Waals surface area contributed by atoms with Gasteiger partial charge in [-0.1, -0.05) is 46.3 Å². The van der Waals surface area contributed by atoms with E-state index in [1.54, 1.807) is 0 Å². The van der Waals surface area contributed by atoms with E-state index in [1.165, 1.54) is 7.05 Å². The summed E-state index contributed by atoms with van der Waals surface area (Å²) in [5.74, 6) is 0.558. The Balaban J connectivity index is 0.000000280. The standard InChI is InChI=1S/C10H12BrNO2.C10H13NO3/c1-6-4-8(14-10(13)12-3)5-7(2)9(6)11;12-7-6-11-10(13)14-8-9-4-2-1-3-5-9/h4-5H,1-3H3,(H,12,13);1-5,12H,6-8H2,(H,11,13). The summed E-state index contributed by atoms with van der Waals surface area (Å²) in [6.07, 6.45) is -0.964. The van der Waals surface area contributed by atoms with Crippen LogP contribution >= 0.6 is 15.9 Å². The maximum atomic E-state index is 10.9. The molecule has 0 saturated carbocycles. The predicted octanol–water partition coefficient (Wildman–Crippen LogP) is 3.69. The van der Waals surface area contributed by atoms with Crippen LogP contribution in [0.2, 0.25) is 0 Å². The van der Waals surface area contributed by atoms with Gasteiger partial charge < -0.3 is 25.2 Å². The topological polar surface area (TPSA) is 96.9 Å². The minimum absolute atomic E-state index is 0.0829. The van der Waals surface area contributed by atoms with E-state index in [9.17, 15) is 9.59 Å². The van der Waals surface area contributed by atoms with Crippen LogP contribution in [0.1, 0.15) is 16.7 Å². The van der Waals surface area contributed by atoms with E-state index < -0.39 is 12.2 Å². The van der Waals surface area contributed by atoms with Gasteiger partial charge in [0.2, 0.25) is 0 Å². The molecule has 2 amide bonds. The quantitative estimate of drug-likeness (QED) is 0.642. The maximum Gasteiger partial charge on any atom is 0.412 e. The van der Waals surface area contributed by atoms with Crippen LogP contribution in [0.4, 0.5) is 9.59 Å². The van der Waals surface area contributed by atoms with Gasteiger partial charge in [-0.3, -0.25) is 0 Å². The molecule has 0 atom stereocenters. The number of halogens is 1. The smallest absolute Gasteiger partial charge is 0.412 e. The molecule has 3 N–H and O–H groups in total. The van der Waals surface area contributed by atoms with E-state index in [1.807, 2.05) is 56.3 Å². The fraction of sp³-hybridized carbons (Fsp3) is 0.300. The lowest BCUT2D eigenvalue weighted by Gasteiger charge is -2.07. The largest absolute Gasteiger partial charge is 0.445 e. The zero-order chi connectivity index (χ0) is 20.9. The van der Waals surface area contributed by atoms with Crippen LogP contribution in [-0.2, 0) is 11.3 Å². The van der Waals surface area contributed by atoms with Crippen LogP contribution in [0.3, 0.4) is 0 Å². The van der Waals surface area contributed by atoms with E-state index in [0.717, 1.165) is 21.2 Å². The fourth-order valence-corrected chi connectivity index (χ4v) is 2.28. The number of hydrogen-bond acceptors (Lipinski definition) is 5. The fourth-order valence-electron chi connectivity index (χ4n) is 2.06. The molecule has 0 aliphatic heterocycles. The number of carbonyl (C=O) groups is 2. The number of hydrogen-bond donors (Lipinski definition) is 3. The van der Waals surface area contributed by atoms with Gasteiger partial charge in [0.05, 0.1) is 6.61 Å². The molecule has 0 aliphatic carbocycles. The zero-order valence-corrected chi connectivity index (χ0v) is 17.7. The molecule has 0 spiro atoms. The molecule has 28 heavy (non-hydrogen) atoms. The van der Waals surface area contributed by atoms with Crippen molar-refractivity contribution >= 4 is 28.1 Å². The number of aliphatic hydroxyl groups is 1. The Labute approximate surface area is 173 Å². The summed E-state index contributed by atoms with van der Waals surface area (Å²) in [6.45, 7) is 4.29. The van der Waals surface area contributed by atoms with Gasteiger partial charge >= 0.3 is 12.2 Å². The minimum Gasteiger partial charge on any atom is -0.445 e. The van der Waals surface area contributed by atoms with Gasteiger partial charge in [-0.05, 0) is 42.7 Å². The van der Waals surface area contributed by atoms with Crippen LogP contribution < -0.4 is 15.4 Å². The third-order valence-electron chi connectivity index (χ3n) is 3.42. The molecule has 0 saturated heterocycles. The van der Waals surface area contributed by atoms with Crippen molar-refractivity contribution in [3.8, 4) is 5.75 Å². The number of carbonyl (C=O) groups excluding carboxylic acids is 2. The molecule has 0 aliphatic rings. The number of aryl methyl sites for hydroxylation is 2. The third kappa shape index (κ3) is 8.88. The molecular weight excluding hydrogens is 428 g/mol. The first-order valence-corrected chi connectivity index (χ1v) is 9.38. The highest BCUT2D eigenvalue weighted by Crippen LogP contribution is 2.26. The molecule has 2 rings (SSSR count). The van der Waals surface area contributed by atoms with E-state index in [0.29, 0.717) is 5.75 Å². The van der Waals surface area contributed by atoms with Crippen LogP contribution in [-0.4, -0.2) is 37.5 Å². The number of alkyl carbamates (subject to hydrolysis) is 1. The lowest BCUT2D eigenvalue weighted by Crippen LogP contribution is -2.26. The SMILES string of the molecule is CNC(=O)Oc1cc(C)c(Br)c(C)c1.O=C(NCCO)OCc1ccccc1. The Bertz CT molecular complexity index is 745. The number of ether oxygens (including phenoxy) is 2.